The van der Waals surface area contributed by atoms with Crippen molar-refractivity contribution in [3.63, 3.8) is 0 Å². The van der Waals surface area contributed by atoms with Gasteiger partial charge in [-0.2, -0.15) is 0 Å². The predicted molar refractivity (Wildman–Crippen MR) is 139 cm³/mol. The maximum Gasteiger partial charge on any atom is 0.224 e. The molecule has 0 radical (unpaired) electrons. The van der Waals surface area contributed by atoms with E-state index in [0.29, 0.717) is 31.4 Å². The number of benzene rings is 1. The molecule has 1 atom stereocenters. The first-order valence-corrected chi connectivity index (χ1v) is 11.7. The highest BCUT2D eigenvalue weighted by atomic mass is 127. The Hall–Kier alpha value is -1.71. The van der Waals surface area contributed by atoms with Crippen LogP contribution in [-0.4, -0.2) is 56.7 Å². The molecular formula is C24H39IN4O3. The number of nitrogens with one attached hydrogen (secondary N) is 2. The van der Waals surface area contributed by atoms with Gasteiger partial charge in [-0.3, -0.25) is 9.79 Å². The molecule has 8 heteroatoms. The van der Waals surface area contributed by atoms with Crippen molar-refractivity contribution in [3.05, 3.63) is 23.8 Å². The van der Waals surface area contributed by atoms with Crippen LogP contribution >= 0.6 is 24.0 Å². The predicted octanol–water partition coefficient (Wildman–Crippen LogP) is 3.95. The normalized spacial score (nSPS) is 19.3. The number of aliphatic imine (C=N–C) groups is 1. The van der Waals surface area contributed by atoms with E-state index < -0.39 is 0 Å². The summed E-state index contributed by atoms with van der Waals surface area (Å²) < 4.78 is 11.9. The number of ether oxygens (including phenoxy) is 2. The van der Waals surface area contributed by atoms with Gasteiger partial charge >= 0.3 is 0 Å². The molecule has 1 aliphatic carbocycles. The maximum atomic E-state index is 12.5. The zero-order valence-corrected chi connectivity index (χ0v) is 22.0. The van der Waals surface area contributed by atoms with Gasteiger partial charge in [-0.05, 0) is 50.5 Å². The molecule has 1 unspecified atom stereocenters. The number of para-hydroxylation sites is 1. The summed E-state index contributed by atoms with van der Waals surface area (Å²) in [4.78, 5) is 18.8. The van der Waals surface area contributed by atoms with E-state index in [1.165, 1.54) is 19.3 Å². The van der Waals surface area contributed by atoms with Gasteiger partial charge in [0.1, 0.15) is 0 Å². The summed E-state index contributed by atoms with van der Waals surface area (Å²) in [5.41, 5.74) is 1.03. The van der Waals surface area contributed by atoms with Crippen molar-refractivity contribution in [2.45, 2.75) is 64.5 Å². The lowest BCUT2D eigenvalue weighted by Gasteiger charge is -2.31. The minimum Gasteiger partial charge on any atom is -0.493 e. The van der Waals surface area contributed by atoms with Gasteiger partial charge in [0, 0.05) is 45.2 Å². The van der Waals surface area contributed by atoms with Gasteiger partial charge in [-0.25, -0.2) is 0 Å². The summed E-state index contributed by atoms with van der Waals surface area (Å²) in [5, 5.41) is 6.60. The highest BCUT2D eigenvalue weighted by molar-refractivity contribution is 14.0. The third-order valence-corrected chi connectivity index (χ3v) is 6.18. The highest BCUT2D eigenvalue weighted by Gasteiger charge is 2.22. The van der Waals surface area contributed by atoms with E-state index in [1.807, 2.05) is 23.1 Å². The average Bonchev–Trinajstić information content (AvgIpc) is 3.30. The number of nitrogens with zero attached hydrogens (tertiary/aromatic N) is 2. The Morgan fingerprint density at radius 1 is 1.19 bits per heavy atom. The highest BCUT2D eigenvalue weighted by Crippen LogP contribution is 2.34. The maximum absolute atomic E-state index is 12.5. The van der Waals surface area contributed by atoms with Crippen LogP contribution in [0.2, 0.25) is 0 Å². The zero-order chi connectivity index (χ0) is 22.1. The van der Waals surface area contributed by atoms with Gasteiger partial charge in [0.25, 0.3) is 0 Å². The van der Waals surface area contributed by atoms with Crippen LogP contribution in [-0.2, 0) is 11.3 Å². The van der Waals surface area contributed by atoms with E-state index in [1.54, 1.807) is 14.2 Å². The summed E-state index contributed by atoms with van der Waals surface area (Å²) in [6, 6.07) is 5.97. The third kappa shape index (κ3) is 7.71. The number of carbonyl (C=O) groups excluding carboxylic acids is 1. The summed E-state index contributed by atoms with van der Waals surface area (Å²) >= 11 is 0. The molecule has 2 fully saturated rings. The Morgan fingerprint density at radius 3 is 2.66 bits per heavy atom. The molecule has 2 N–H and O–H groups in total. The fraction of sp³-hybridized carbons (Fsp3) is 0.667. The molecule has 1 aliphatic heterocycles. The second-order valence-electron chi connectivity index (χ2n) is 8.66. The Balaban J connectivity index is 0.00000363. The molecule has 0 aromatic heterocycles. The molecule has 0 bridgehead atoms. The lowest BCUT2D eigenvalue weighted by molar-refractivity contribution is -0.132. The fourth-order valence-corrected chi connectivity index (χ4v) is 4.43. The number of carbonyl (C=O) groups is 1. The van der Waals surface area contributed by atoms with E-state index >= 15 is 0 Å². The molecule has 1 aromatic carbocycles. The lowest BCUT2D eigenvalue weighted by Crippen LogP contribution is -2.42. The standard InChI is InChI=1S/C24H38N4O3.HI/c1-18-8-7-15-28(17-18)22(29)13-14-26-24(25-2)27-16-19-9-6-12-21(30-3)23(19)31-20-10-4-5-11-20;/h6,9,12,18,20H,4-5,7-8,10-11,13-17H2,1-3H3,(H2,25,26,27);1H. The molecule has 3 rings (SSSR count). The number of amides is 1. The molecule has 1 saturated heterocycles. The Bertz CT molecular complexity index is 753. The monoisotopic (exact) mass is 558 g/mol. The van der Waals surface area contributed by atoms with Gasteiger partial charge in [0.05, 0.1) is 13.2 Å². The first kappa shape index (κ1) is 26.5. The summed E-state index contributed by atoms with van der Waals surface area (Å²) in [6.07, 6.45) is 7.69. The van der Waals surface area contributed by atoms with Crippen LogP contribution in [0.1, 0.15) is 57.4 Å². The molecular weight excluding hydrogens is 519 g/mol. The molecule has 1 heterocycles. The van der Waals surface area contributed by atoms with Crippen LogP contribution in [0.3, 0.4) is 0 Å². The summed E-state index contributed by atoms with van der Waals surface area (Å²) in [7, 11) is 3.42. The Morgan fingerprint density at radius 2 is 1.97 bits per heavy atom. The van der Waals surface area contributed by atoms with Crippen LogP contribution in [0.15, 0.2) is 23.2 Å². The number of hydrogen-bond donors (Lipinski definition) is 2. The quantitative estimate of drug-likeness (QED) is 0.287. The number of hydrogen-bond acceptors (Lipinski definition) is 4. The largest absolute Gasteiger partial charge is 0.493 e. The zero-order valence-electron chi connectivity index (χ0n) is 19.7. The minimum atomic E-state index is 0. The number of rotatable bonds is 8. The van der Waals surface area contributed by atoms with Gasteiger partial charge in [0.15, 0.2) is 17.5 Å². The van der Waals surface area contributed by atoms with Crippen molar-refractivity contribution >= 4 is 35.8 Å². The Kier molecular flexibility index (Phi) is 11.4. The van der Waals surface area contributed by atoms with Gasteiger partial charge in [-0.1, -0.05) is 19.1 Å². The first-order valence-electron chi connectivity index (χ1n) is 11.7. The SMILES string of the molecule is CN=C(NCCC(=O)N1CCCC(C)C1)NCc1cccc(OC)c1OC1CCCC1.I. The lowest BCUT2D eigenvalue weighted by atomic mass is 10.00. The van der Waals surface area contributed by atoms with Crippen molar-refractivity contribution in [1.29, 1.82) is 0 Å². The van der Waals surface area contributed by atoms with Crippen molar-refractivity contribution in [2.75, 3.05) is 33.8 Å². The minimum absolute atomic E-state index is 0. The van der Waals surface area contributed by atoms with Crippen molar-refractivity contribution in [2.24, 2.45) is 10.9 Å². The smallest absolute Gasteiger partial charge is 0.224 e. The second-order valence-corrected chi connectivity index (χ2v) is 8.66. The average molecular weight is 559 g/mol. The van der Waals surface area contributed by atoms with Crippen molar-refractivity contribution in [3.8, 4) is 11.5 Å². The summed E-state index contributed by atoms with van der Waals surface area (Å²) in [6.45, 7) is 5.11. The molecule has 180 valence electrons. The molecule has 2 aliphatic rings. The number of methoxy groups -OCH3 is 1. The van der Waals surface area contributed by atoms with Crippen LogP contribution in [0, 0.1) is 5.92 Å². The number of halogens is 1. The molecule has 1 saturated carbocycles. The number of guanidine groups is 1. The van der Waals surface area contributed by atoms with Crippen LogP contribution < -0.4 is 20.1 Å². The van der Waals surface area contributed by atoms with Gasteiger partial charge in [0.2, 0.25) is 5.91 Å². The van der Waals surface area contributed by atoms with E-state index in [2.05, 4.69) is 22.5 Å². The number of likely N-dealkylation sites (tertiary alicyclic amines) is 1. The fourth-order valence-electron chi connectivity index (χ4n) is 4.43. The van der Waals surface area contributed by atoms with E-state index in [9.17, 15) is 4.79 Å². The van der Waals surface area contributed by atoms with Crippen molar-refractivity contribution in [1.82, 2.24) is 15.5 Å². The van der Waals surface area contributed by atoms with Crippen LogP contribution in [0.5, 0.6) is 11.5 Å². The first-order chi connectivity index (χ1) is 15.1. The Labute approximate surface area is 209 Å². The molecule has 0 spiro atoms. The molecule has 1 amide bonds. The van der Waals surface area contributed by atoms with E-state index in [-0.39, 0.29) is 36.0 Å². The van der Waals surface area contributed by atoms with Gasteiger partial charge in [-0.15, -0.1) is 24.0 Å². The molecule has 32 heavy (non-hydrogen) atoms. The van der Waals surface area contributed by atoms with Gasteiger partial charge < -0.3 is 25.0 Å². The summed E-state index contributed by atoms with van der Waals surface area (Å²) in [5.74, 6) is 3.07. The third-order valence-electron chi connectivity index (χ3n) is 6.18. The van der Waals surface area contributed by atoms with E-state index in [4.69, 9.17) is 9.47 Å². The van der Waals surface area contributed by atoms with E-state index in [0.717, 1.165) is 49.4 Å². The number of piperidine rings is 1. The molecule has 1 aromatic rings. The van der Waals surface area contributed by atoms with Crippen LogP contribution in [0.4, 0.5) is 0 Å². The second kappa shape index (κ2) is 13.7. The van der Waals surface area contributed by atoms with Crippen LogP contribution in [0.25, 0.3) is 0 Å². The van der Waals surface area contributed by atoms with Crippen molar-refractivity contribution < 1.29 is 14.3 Å². The topological polar surface area (TPSA) is 75.2 Å². The molecule has 7 nitrogen and oxygen atoms in total.